The van der Waals surface area contributed by atoms with E-state index in [-0.39, 0.29) is 29.0 Å². The maximum Gasteiger partial charge on any atom is 0.349 e. The van der Waals surface area contributed by atoms with Gasteiger partial charge in [0, 0.05) is 6.04 Å². The fraction of sp³-hybridized carbons (Fsp3) is 0.258. The van der Waals surface area contributed by atoms with E-state index in [0.717, 1.165) is 18.5 Å². The number of amides is 1. The van der Waals surface area contributed by atoms with E-state index in [4.69, 9.17) is 15.2 Å². The van der Waals surface area contributed by atoms with Crippen LogP contribution in [0.5, 0.6) is 0 Å². The van der Waals surface area contributed by atoms with Gasteiger partial charge in [0.05, 0.1) is 17.0 Å². The van der Waals surface area contributed by atoms with Gasteiger partial charge in [0.2, 0.25) is 18.1 Å². The highest BCUT2D eigenvalue weighted by molar-refractivity contribution is 5.95. The predicted octanol–water partition coefficient (Wildman–Crippen LogP) is 3.00. The molecule has 3 aromatic carbocycles. The van der Waals surface area contributed by atoms with Gasteiger partial charge in [0.15, 0.2) is 0 Å². The van der Waals surface area contributed by atoms with Gasteiger partial charge in [0.1, 0.15) is 0 Å². The number of hydrogen-bond acceptors (Lipinski definition) is 8. The van der Waals surface area contributed by atoms with Crippen LogP contribution in [0.15, 0.2) is 91.0 Å². The monoisotopic (exact) mass is 576 g/mol. The second kappa shape index (κ2) is 15.7. The Morgan fingerprint density at radius 3 is 1.48 bits per heavy atom. The number of carbonyl (C=O) groups excluding carboxylic acids is 3. The van der Waals surface area contributed by atoms with Crippen molar-refractivity contribution in [1.29, 1.82) is 0 Å². The summed E-state index contributed by atoms with van der Waals surface area (Å²) in [7, 11) is 0. The summed E-state index contributed by atoms with van der Waals surface area (Å²) in [5.74, 6) is -6.06. The number of aliphatic carboxylic acids is 2. The smallest absolute Gasteiger partial charge is 0.349 e. The van der Waals surface area contributed by atoms with E-state index < -0.39 is 36.1 Å². The third-order valence-electron chi connectivity index (χ3n) is 6.46. The van der Waals surface area contributed by atoms with Crippen molar-refractivity contribution in [2.45, 2.75) is 43.4 Å². The molecule has 42 heavy (non-hydrogen) atoms. The number of hydrogen-bond donors (Lipinski definition) is 4. The van der Waals surface area contributed by atoms with Crippen LogP contribution in [-0.4, -0.2) is 64.8 Å². The molecule has 5 N–H and O–H groups in total. The van der Waals surface area contributed by atoms with Crippen molar-refractivity contribution in [3.05, 3.63) is 108 Å². The highest BCUT2D eigenvalue weighted by Gasteiger charge is 2.41. The van der Waals surface area contributed by atoms with E-state index in [1.54, 1.807) is 12.1 Å². The fourth-order valence-electron chi connectivity index (χ4n) is 4.42. The van der Waals surface area contributed by atoms with Crippen molar-refractivity contribution in [3.63, 3.8) is 0 Å². The number of esters is 2. The zero-order chi connectivity index (χ0) is 30.5. The molecule has 1 amide bonds. The zero-order valence-corrected chi connectivity index (χ0v) is 22.6. The first-order chi connectivity index (χ1) is 20.2. The molecule has 1 saturated heterocycles. The molecule has 1 fully saturated rings. The van der Waals surface area contributed by atoms with Crippen molar-refractivity contribution >= 4 is 29.8 Å². The van der Waals surface area contributed by atoms with Gasteiger partial charge in [-0.25, -0.2) is 19.2 Å². The molecule has 0 bridgehead atoms. The molecule has 1 heterocycles. The Kier molecular flexibility index (Phi) is 11.8. The van der Waals surface area contributed by atoms with Crippen LogP contribution in [0, 0.1) is 0 Å². The number of piperidine rings is 1. The molecular weight excluding hydrogens is 544 g/mol. The topological polar surface area (TPSA) is 182 Å². The van der Waals surface area contributed by atoms with E-state index in [1.165, 1.54) is 61.4 Å². The van der Waals surface area contributed by atoms with Crippen LogP contribution in [0.4, 0.5) is 0 Å². The lowest BCUT2D eigenvalue weighted by molar-refractivity contribution is -0.166. The molecule has 11 heteroatoms. The maximum atomic E-state index is 12.0. The van der Waals surface area contributed by atoms with Crippen molar-refractivity contribution < 1.29 is 43.7 Å². The number of benzene rings is 3. The fourth-order valence-corrected chi connectivity index (χ4v) is 4.42. The van der Waals surface area contributed by atoms with Crippen LogP contribution in [0.25, 0.3) is 0 Å². The van der Waals surface area contributed by atoms with Gasteiger partial charge in [0.25, 0.3) is 0 Å². The van der Waals surface area contributed by atoms with Gasteiger partial charge in [-0.05, 0) is 49.2 Å². The summed E-state index contributed by atoms with van der Waals surface area (Å²) in [5, 5.41) is 21.9. The summed E-state index contributed by atoms with van der Waals surface area (Å²) < 4.78 is 9.52. The number of carbonyl (C=O) groups is 5. The molecule has 0 unspecified atom stereocenters. The number of primary amides is 1. The average molecular weight is 577 g/mol. The van der Waals surface area contributed by atoms with Gasteiger partial charge in [-0.15, -0.1) is 0 Å². The number of nitrogens with one attached hydrogen (secondary N) is 1. The van der Waals surface area contributed by atoms with E-state index in [1.807, 2.05) is 30.3 Å². The molecule has 4 rings (SSSR count). The molecule has 11 nitrogen and oxygen atoms in total. The van der Waals surface area contributed by atoms with Crippen LogP contribution in [0.1, 0.15) is 51.5 Å². The molecule has 0 spiro atoms. The largest absolute Gasteiger partial charge is 0.478 e. The molecule has 0 radical (unpaired) electrons. The molecule has 220 valence electrons. The summed E-state index contributed by atoms with van der Waals surface area (Å²) in [5.41, 5.74) is 6.59. The lowest BCUT2D eigenvalue weighted by atomic mass is 9.86. The van der Waals surface area contributed by atoms with E-state index in [0.29, 0.717) is 0 Å². The highest BCUT2D eigenvalue weighted by Crippen LogP contribution is 2.24. The van der Waals surface area contributed by atoms with E-state index >= 15 is 0 Å². The van der Waals surface area contributed by atoms with Crippen LogP contribution in [0.3, 0.4) is 0 Å². The minimum Gasteiger partial charge on any atom is -0.478 e. The van der Waals surface area contributed by atoms with Crippen LogP contribution in [0.2, 0.25) is 0 Å². The number of nitrogens with two attached hydrogens (primary N) is 1. The number of ether oxygens (including phenoxy) is 2. The quantitative estimate of drug-likeness (QED) is 0.262. The molecule has 0 aliphatic carbocycles. The third kappa shape index (κ3) is 9.00. The van der Waals surface area contributed by atoms with Crippen LogP contribution >= 0.6 is 0 Å². The van der Waals surface area contributed by atoms with Gasteiger partial charge in [-0.1, -0.05) is 73.2 Å². The summed E-state index contributed by atoms with van der Waals surface area (Å²) in [6.45, 7) is 0.987. The second-order valence-corrected chi connectivity index (χ2v) is 9.41. The third-order valence-corrected chi connectivity index (χ3v) is 6.46. The zero-order valence-electron chi connectivity index (χ0n) is 22.6. The van der Waals surface area contributed by atoms with Crippen LogP contribution < -0.4 is 11.1 Å². The Morgan fingerprint density at radius 2 is 1.12 bits per heavy atom. The van der Waals surface area contributed by atoms with Gasteiger partial charge >= 0.3 is 23.9 Å². The van der Waals surface area contributed by atoms with Crippen LogP contribution in [-0.2, 0) is 23.9 Å². The Bertz CT molecular complexity index is 1280. The molecular formula is C31H32N2O9. The van der Waals surface area contributed by atoms with Crippen molar-refractivity contribution in [3.8, 4) is 0 Å². The van der Waals surface area contributed by atoms with Crippen molar-refractivity contribution in [2.75, 3.05) is 6.54 Å². The Labute approximate surface area is 242 Å². The normalized spacial score (nSPS) is 16.3. The van der Waals surface area contributed by atoms with Gasteiger partial charge in [-0.3, -0.25) is 4.79 Å². The lowest BCUT2D eigenvalue weighted by Gasteiger charge is -2.29. The second-order valence-electron chi connectivity index (χ2n) is 9.41. The molecule has 1 aliphatic heterocycles. The average Bonchev–Trinajstić information content (AvgIpc) is 3.00. The first-order valence-corrected chi connectivity index (χ1v) is 13.2. The Balaban J connectivity index is 0.000000258. The first kappa shape index (κ1) is 31.5. The van der Waals surface area contributed by atoms with Gasteiger partial charge < -0.3 is 30.7 Å². The molecule has 3 aromatic rings. The van der Waals surface area contributed by atoms with Crippen molar-refractivity contribution in [2.24, 2.45) is 5.73 Å². The summed E-state index contributed by atoms with van der Waals surface area (Å²) in [6.07, 6.45) is -1.03. The number of carboxylic acid groups (broad SMARTS) is 2. The predicted molar refractivity (Wildman–Crippen MR) is 151 cm³/mol. The molecule has 0 saturated carbocycles. The lowest BCUT2D eigenvalue weighted by Crippen LogP contribution is -2.45. The maximum absolute atomic E-state index is 12.0. The summed E-state index contributed by atoms with van der Waals surface area (Å²) in [4.78, 5) is 58.4. The van der Waals surface area contributed by atoms with E-state index in [2.05, 4.69) is 5.32 Å². The summed E-state index contributed by atoms with van der Waals surface area (Å²) in [6, 6.07) is 24.9. The standard InChI is InChI=1S/C18H14O8.C13H18N2O/c19-15(20)13(25-17(23)11-7-3-1-4-8-11)14(16(21)22)26-18(24)12-9-5-2-6-10-12;14-13(16)12(10-6-2-1-3-7-10)11-8-4-5-9-15-11/h1-10,13-14H,(H,19,20)(H,21,22);1-3,6-7,11-12,15H,4-5,8-9H2,(H2,14,16)/t13-,14-;11-,12-/m01/s1. The highest BCUT2D eigenvalue weighted by atomic mass is 16.6. The molecule has 0 aromatic heterocycles. The Hall–Kier alpha value is -5.03. The van der Waals surface area contributed by atoms with E-state index in [9.17, 15) is 34.2 Å². The molecule has 4 atom stereocenters. The summed E-state index contributed by atoms with van der Waals surface area (Å²) >= 11 is 0. The van der Waals surface area contributed by atoms with Gasteiger partial charge in [-0.2, -0.15) is 0 Å². The number of rotatable bonds is 10. The first-order valence-electron chi connectivity index (χ1n) is 13.2. The minimum absolute atomic E-state index is 0.0253. The van der Waals surface area contributed by atoms with Crippen molar-refractivity contribution in [1.82, 2.24) is 5.32 Å². The Morgan fingerprint density at radius 1 is 0.690 bits per heavy atom. The minimum atomic E-state index is -2.21. The molecule has 1 aliphatic rings. The number of carboxylic acids is 2. The SMILES string of the molecule is NC(=O)[C@H](c1ccccc1)[C@H]1CCCCN1.O=C(O[C@H](C(=O)O)[C@H](OC(=O)c1ccccc1)C(=O)O)c1ccccc1.